The third-order valence-corrected chi connectivity index (χ3v) is 2.69. The molecule has 1 aromatic carbocycles. The number of hydrogen-bond acceptors (Lipinski definition) is 2. The van der Waals surface area contributed by atoms with Gasteiger partial charge in [-0.2, -0.15) is 0 Å². The summed E-state index contributed by atoms with van der Waals surface area (Å²) in [6, 6.07) is 2.07. The van der Waals surface area contributed by atoms with Gasteiger partial charge in [-0.15, -0.1) is 0 Å². The minimum atomic E-state index is 0.198. The molecule has 0 spiro atoms. The molecule has 0 fully saturated rings. The van der Waals surface area contributed by atoms with E-state index in [0.717, 1.165) is 17.1 Å². The molecule has 0 aromatic heterocycles. The van der Waals surface area contributed by atoms with E-state index in [1.165, 1.54) is 11.1 Å². The lowest BCUT2D eigenvalue weighted by Crippen LogP contribution is -2.11. The van der Waals surface area contributed by atoms with E-state index in [-0.39, 0.29) is 12.2 Å². The highest BCUT2D eigenvalue weighted by Crippen LogP contribution is 2.34. The molecule has 0 aliphatic rings. The topological polar surface area (TPSA) is 18.5 Å². The highest BCUT2D eigenvalue weighted by atomic mass is 16.5. The molecular formula is C15H24O2. The Kier molecular flexibility index (Phi) is 4.44. The third-order valence-electron chi connectivity index (χ3n) is 2.69. The predicted octanol–water partition coefficient (Wildman–Crippen LogP) is 4.19. The van der Waals surface area contributed by atoms with E-state index in [1.54, 1.807) is 0 Å². The Bertz CT molecular complexity index is 392. The van der Waals surface area contributed by atoms with Crippen molar-refractivity contribution in [1.82, 2.24) is 0 Å². The largest absolute Gasteiger partial charge is 0.491 e. The van der Waals surface area contributed by atoms with Gasteiger partial charge >= 0.3 is 0 Å². The van der Waals surface area contributed by atoms with E-state index in [0.29, 0.717) is 0 Å². The Balaban J connectivity index is 3.17. The SMILES string of the molecule is Cc1cc(OC(C)C)c(C)c(C)c1OC(C)C. The fourth-order valence-corrected chi connectivity index (χ4v) is 1.81. The fourth-order valence-electron chi connectivity index (χ4n) is 1.81. The monoisotopic (exact) mass is 236 g/mol. The molecule has 1 aromatic rings. The summed E-state index contributed by atoms with van der Waals surface area (Å²) >= 11 is 0. The number of ether oxygens (including phenoxy) is 2. The van der Waals surface area contributed by atoms with Gasteiger partial charge in [0.2, 0.25) is 0 Å². The summed E-state index contributed by atoms with van der Waals surface area (Å²) in [6.45, 7) is 14.4. The van der Waals surface area contributed by atoms with Crippen LogP contribution in [0.2, 0.25) is 0 Å². The van der Waals surface area contributed by atoms with Crippen molar-refractivity contribution in [3.63, 3.8) is 0 Å². The average Bonchev–Trinajstić information content (AvgIpc) is 2.20. The van der Waals surface area contributed by atoms with E-state index in [9.17, 15) is 0 Å². The Labute approximate surface area is 105 Å². The normalized spacial score (nSPS) is 11.1. The molecule has 0 bridgehead atoms. The van der Waals surface area contributed by atoms with Crippen LogP contribution < -0.4 is 9.47 Å². The molecular weight excluding hydrogens is 212 g/mol. The Morgan fingerprint density at radius 1 is 0.824 bits per heavy atom. The summed E-state index contributed by atoms with van der Waals surface area (Å²) in [6.07, 6.45) is 0.396. The lowest BCUT2D eigenvalue weighted by Gasteiger charge is -2.20. The molecule has 0 atom stereocenters. The second-order valence-corrected chi connectivity index (χ2v) is 5.10. The average molecular weight is 236 g/mol. The first-order valence-electron chi connectivity index (χ1n) is 6.27. The lowest BCUT2D eigenvalue weighted by atomic mass is 10.0. The van der Waals surface area contributed by atoms with E-state index in [1.807, 2.05) is 27.7 Å². The second-order valence-electron chi connectivity index (χ2n) is 5.10. The summed E-state index contributed by atoms with van der Waals surface area (Å²) in [5, 5.41) is 0. The van der Waals surface area contributed by atoms with Crippen LogP contribution in [0.3, 0.4) is 0 Å². The molecule has 0 aliphatic carbocycles. The molecule has 0 saturated heterocycles. The quantitative estimate of drug-likeness (QED) is 0.780. The maximum atomic E-state index is 5.86. The van der Waals surface area contributed by atoms with Crippen LogP contribution in [0.1, 0.15) is 44.4 Å². The molecule has 17 heavy (non-hydrogen) atoms. The van der Waals surface area contributed by atoms with Gasteiger partial charge in [-0.1, -0.05) is 0 Å². The Morgan fingerprint density at radius 2 is 1.35 bits per heavy atom. The van der Waals surface area contributed by atoms with Crippen molar-refractivity contribution in [2.45, 2.75) is 60.7 Å². The van der Waals surface area contributed by atoms with Crippen molar-refractivity contribution in [2.75, 3.05) is 0 Å². The van der Waals surface area contributed by atoms with Gasteiger partial charge < -0.3 is 9.47 Å². The van der Waals surface area contributed by atoms with Gasteiger partial charge in [-0.3, -0.25) is 0 Å². The van der Waals surface area contributed by atoms with E-state index in [2.05, 4.69) is 26.8 Å². The summed E-state index contributed by atoms with van der Waals surface area (Å²) < 4.78 is 11.7. The molecule has 0 radical (unpaired) electrons. The Morgan fingerprint density at radius 3 is 1.82 bits per heavy atom. The highest BCUT2D eigenvalue weighted by molar-refractivity contribution is 5.52. The molecule has 96 valence electrons. The minimum Gasteiger partial charge on any atom is -0.491 e. The van der Waals surface area contributed by atoms with E-state index >= 15 is 0 Å². The van der Waals surface area contributed by atoms with Gasteiger partial charge in [0.05, 0.1) is 12.2 Å². The van der Waals surface area contributed by atoms with Crippen LogP contribution in [0.5, 0.6) is 11.5 Å². The van der Waals surface area contributed by atoms with Crippen molar-refractivity contribution in [1.29, 1.82) is 0 Å². The van der Waals surface area contributed by atoms with E-state index in [4.69, 9.17) is 9.47 Å². The van der Waals surface area contributed by atoms with Crippen LogP contribution >= 0.6 is 0 Å². The van der Waals surface area contributed by atoms with Gasteiger partial charge in [0.1, 0.15) is 11.5 Å². The maximum Gasteiger partial charge on any atom is 0.126 e. The molecule has 2 heteroatoms. The summed E-state index contributed by atoms with van der Waals surface area (Å²) in [5.74, 6) is 1.96. The third kappa shape index (κ3) is 3.39. The maximum absolute atomic E-state index is 5.86. The lowest BCUT2D eigenvalue weighted by molar-refractivity contribution is 0.231. The summed E-state index contributed by atoms with van der Waals surface area (Å²) in [4.78, 5) is 0. The number of aryl methyl sites for hydroxylation is 1. The first kappa shape index (κ1) is 13.9. The number of benzene rings is 1. The zero-order chi connectivity index (χ0) is 13.2. The number of rotatable bonds is 4. The van der Waals surface area contributed by atoms with E-state index < -0.39 is 0 Å². The van der Waals surface area contributed by atoms with Crippen LogP contribution in [0, 0.1) is 20.8 Å². The van der Waals surface area contributed by atoms with Crippen molar-refractivity contribution >= 4 is 0 Å². The van der Waals surface area contributed by atoms with Crippen LogP contribution in [-0.2, 0) is 0 Å². The zero-order valence-corrected chi connectivity index (χ0v) is 12.0. The van der Waals surface area contributed by atoms with Crippen LogP contribution in [0.15, 0.2) is 6.07 Å². The molecule has 0 aliphatic heterocycles. The Hall–Kier alpha value is -1.18. The standard InChI is InChI=1S/C15H24O2/c1-9(2)16-14-8-11(5)15(17-10(3)4)13(7)12(14)6/h8-10H,1-7H3. The van der Waals surface area contributed by atoms with Crippen molar-refractivity contribution in [2.24, 2.45) is 0 Å². The van der Waals surface area contributed by atoms with Gasteiger partial charge in [-0.05, 0) is 71.2 Å². The van der Waals surface area contributed by atoms with Crippen molar-refractivity contribution in [3.05, 3.63) is 22.8 Å². The van der Waals surface area contributed by atoms with Crippen LogP contribution in [0.4, 0.5) is 0 Å². The molecule has 1 rings (SSSR count). The first-order chi connectivity index (χ1) is 7.82. The minimum absolute atomic E-state index is 0.198. The first-order valence-corrected chi connectivity index (χ1v) is 6.27. The second kappa shape index (κ2) is 5.44. The van der Waals surface area contributed by atoms with Gasteiger partial charge in [0.15, 0.2) is 0 Å². The molecule has 0 heterocycles. The van der Waals surface area contributed by atoms with Crippen LogP contribution in [-0.4, -0.2) is 12.2 Å². The molecule has 0 unspecified atom stereocenters. The smallest absolute Gasteiger partial charge is 0.126 e. The molecule has 2 nitrogen and oxygen atoms in total. The van der Waals surface area contributed by atoms with Gasteiger partial charge in [-0.25, -0.2) is 0 Å². The highest BCUT2D eigenvalue weighted by Gasteiger charge is 2.14. The number of hydrogen-bond donors (Lipinski definition) is 0. The van der Waals surface area contributed by atoms with Crippen molar-refractivity contribution < 1.29 is 9.47 Å². The molecule has 0 amide bonds. The summed E-state index contributed by atoms with van der Waals surface area (Å²) in [5.41, 5.74) is 3.48. The zero-order valence-electron chi connectivity index (χ0n) is 12.0. The summed E-state index contributed by atoms with van der Waals surface area (Å²) in [7, 11) is 0. The predicted molar refractivity (Wildman–Crippen MR) is 72.2 cm³/mol. The molecule has 0 saturated carbocycles. The van der Waals surface area contributed by atoms with Gasteiger partial charge in [0.25, 0.3) is 0 Å². The van der Waals surface area contributed by atoms with Crippen molar-refractivity contribution in [3.8, 4) is 11.5 Å². The van der Waals surface area contributed by atoms with Gasteiger partial charge in [0, 0.05) is 0 Å². The molecule has 0 N–H and O–H groups in total. The van der Waals surface area contributed by atoms with Crippen LogP contribution in [0.25, 0.3) is 0 Å². The fraction of sp³-hybridized carbons (Fsp3) is 0.600.